The van der Waals surface area contributed by atoms with Gasteiger partial charge >= 0.3 is 6.03 Å². The third kappa shape index (κ3) is 21.3. The van der Waals surface area contributed by atoms with Crippen molar-refractivity contribution < 1.29 is 42.5 Å². The van der Waals surface area contributed by atoms with Crippen molar-refractivity contribution in [3.8, 4) is 6.07 Å². The van der Waals surface area contributed by atoms with Crippen LogP contribution in [0.1, 0.15) is 90.8 Å². The van der Waals surface area contributed by atoms with Gasteiger partial charge in [-0.3, -0.25) is 29.2 Å². The number of hydrogen-bond donors (Lipinski definition) is 5. The number of nitrogens with one attached hydrogen (secondary N) is 5. The fourth-order valence-electron chi connectivity index (χ4n) is 9.42. The predicted octanol–water partition coefficient (Wildman–Crippen LogP) is 4.61. The van der Waals surface area contributed by atoms with Gasteiger partial charge in [0, 0.05) is 87.5 Å². The smallest absolute Gasteiger partial charge is 0.315 e. The first-order valence-electron chi connectivity index (χ1n) is 26.1. The molecule has 3 unspecified atom stereocenters. The number of carbonyl (C=O) groups excluding carboxylic acids is 4. The summed E-state index contributed by atoms with van der Waals surface area (Å²) in [6.45, 7) is 9.45. The van der Waals surface area contributed by atoms with E-state index in [4.69, 9.17) is 23.9 Å². The number of nitrogens with zero attached hydrogens (tertiary/aromatic N) is 4. The molecule has 5 N–H and O–H groups in total. The van der Waals surface area contributed by atoms with Crippen molar-refractivity contribution in [1.82, 2.24) is 41.4 Å². The molecule has 0 bridgehead atoms. The van der Waals surface area contributed by atoms with Gasteiger partial charge in [0.05, 0.1) is 76.6 Å². The minimum Gasteiger partial charge on any atom is -0.379 e. The van der Waals surface area contributed by atoms with Crippen molar-refractivity contribution in [2.45, 2.75) is 101 Å². The monoisotopic (exact) mass is 1030 g/mol. The van der Waals surface area contributed by atoms with Gasteiger partial charge < -0.3 is 45.5 Å². The molecule has 398 valence electrons. The summed E-state index contributed by atoms with van der Waals surface area (Å²) in [6, 6.07) is 19.2. The van der Waals surface area contributed by atoms with E-state index in [9.17, 15) is 28.8 Å². The second-order valence-corrected chi connectivity index (χ2v) is 20.1. The number of nitriles is 1. The Bertz CT molecular complexity index is 2160. The Morgan fingerprint density at radius 2 is 1.49 bits per heavy atom. The molecule has 4 heterocycles. The number of carbonyl (C=O) groups is 4. The molecule has 3 aliphatic rings. The van der Waals surface area contributed by atoms with Crippen LogP contribution in [0.4, 0.5) is 9.18 Å². The Morgan fingerprint density at radius 1 is 0.808 bits per heavy atom. The number of urea groups is 1. The summed E-state index contributed by atoms with van der Waals surface area (Å²) in [4.78, 5) is 57.2. The zero-order valence-electron chi connectivity index (χ0n) is 42.3. The highest BCUT2D eigenvalue weighted by molar-refractivity contribution is 8.00. The molecule has 0 spiro atoms. The second kappa shape index (κ2) is 32.9. The summed E-state index contributed by atoms with van der Waals surface area (Å²) in [5, 5.41) is 24.3. The van der Waals surface area contributed by atoms with Crippen LogP contribution in [0.25, 0.3) is 0 Å². The number of thioether (sulfide) groups is 1. The molecule has 0 radical (unpaired) electrons. The van der Waals surface area contributed by atoms with Gasteiger partial charge in [-0.25, -0.2) is 9.18 Å². The maximum absolute atomic E-state index is 13.6. The van der Waals surface area contributed by atoms with E-state index >= 15 is 0 Å². The van der Waals surface area contributed by atoms with Crippen LogP contribution in [0.15, 0.2) is 60.8 Å². The molecule has 0 saturated carbocycles. The normalized spacial score (nSPS) is 17.7. The minimum atomic E-state index is -0.271. The number of pyridine rings is 1. The molecular formula is C54H76FN9O8S. The lowest BCUT2D eigenvalue weighted by atomic mass is 9.88. The Hall–Kier alpha value is -5.20. The van der Waals surface area contributed by atoms with Gasteiger partial charge in [-0.2, -0.15) is 17.0 Å². The molecule has 3 aliphatic heterocycles. The van der Waals surface area contributed by atoms with Crippen molar-refractivity contribution >= 4 is 36.0 Å². The van der Waals surface area contributed by atoms with Gasteiger partial charge in [0.1, 0.15) is 5.82 Å². The summed E-state index contributed by atoms with van der Waals surface area (Å²) in [6.07, 6.45) is 10.5. The van der Waals surface area contributed by atoms with Crippen LogP contribution in [-0.2, 0) is 59.3 Å². The molecule has 2 aromatic carbocycles. The number of unbranched alkanes of at least 4 members (excludes halogenated alkanes) is 1. The van der Waals surface area contributed by atoms with Crippen LogP contribution in [0.2, 0.25) is 0 Å². The summed E-state index contributed by atoms with van der Waals surface area (Å²) in [5.74, 6) is 0.964. The molecule has 0 aliphatic carbocycles. The molecule has 3 atom stereocenters. The number of ether oxygens (including phenoxy) is 4. The van der Waals surface area contributed by atoms with Gasteiger partial charge in [-0.15, -0.1) is 0 Å². The Balaban J connectivity index is 0.808. The summed E-state index contributed by atoms with van der Waals surface area (Å²) >= 11 is 1.89. The third-order valence-electron chi connectivity index (χ3n) is 13.4. The molecule has 19 heteroatoms. The molecule has 17 nitrogen and oxygen atoms in total. The molecule has 3 saturated heterocycles. The fraction of sp³-hybridized carbons (Fsp3) is 0.593. The highest BCUT2D eigenvalue weighted by Gasteiger charge is 2.42. The molecule has 6 rings (SSSR count). The SMILES string of the molecule is N#Cc1ccc(CN2CCC(c3ncc(CCN(CCNC=O)Cc4ccc(F)cc4)cc3CCCNC(=O)CCOCCOCCOCCOCCNC(=O)CCCCC3SCC4NC(=O)NC43)CC2)cc1. The number of aryl methyl sites for hydroxylation is 1. The van der Waals surface area contributed by atoms with Crippen LogP contribution < -0.4 is 26.6 Å². The van der Waals surface area contributed by atoms with Gasteiger partial charge in [-0.1, -0.05) is 36.8 Å². The zero-order chi connectivity index (χ0) is 51.3. The number of hydrogen-bond acceptors (Lipinski definition) is 13. The second-order valence-electron chi connectivity index (χ2n) is 18.8. The van der Waals surface area contributed by atoms with E-state index in [-0.39, 0.29) is 42.2 Å². The molecule has 3 aromatic rings. The molecule has 3 fully saturated rings. The molecule has 73 heavy (non-hydrogen) atoms. The predicted molar refractivity (Wildman–Crippen MR) is 278 cm³/mol. The largest absolute Gasteiger partial charge is 0.379 e. The van der Waals surface area contributed by atoms with Gasteiger partial charge in [0.2, 0.25) is 18.2 Å². The van der Waals surface area contributed by atoms with Gasteiger partial charge in [-0.05, 0) is 105 Å². The number of amides is 5. The van der Waals surface area contributed by atoms with Crippen molar-refractivity contribution in [1.29, 1.82) is 5.26 Å². The topological polar surface area (TPSA) is 209 Å². The molecule has 5 amide bonds. The standard InChI is InChI=1S/C54H76FN9O8S/c55-47-13-11-43(12-14-47)38-64(25-20-57-40-65)22-15-44-34-46(52(60-36-44)45-16-23-63(24-17-45)37-42-9-7-41(35-56)8-10-42)4-3-19-58-51(67)18-26-69-28-30-71-32-33-72-31-29-70-27-21-59-50(66)6-2-1-5-49-53-48(39-73-49)61-54(68)62-53/h7-14,34,36,40,45,48-49,53H,1-6,15-33,37-39H2,(H,57,65)(H,58,67)(H,59,66)(H2,61,62,68). The van der Waals surface area contributed by atoms with E-state index in [1.54, 1.807) is 12.1 Å². The average Bonchev–Trinajstić information content (AvgIpc) is 3.96. The summed E-state index contributed by atoms with van der Waals surface area (Å²) in [5.41, 5.74) is 6.33. The van der Waals surface area contributed by atoms with Crippen molar-refractivity contribution in [3.05, 3.63) is 100 Å². The first-order valence-corrected chi connectivity index (χ1v) is 27.2. The Morgan fingerprint density at radius 3 is 2.22 bits per heavy atom. The minimum absolute atomic E-state index is 0.0249. The third-order valence-corrected chi connectivity index (χ3v) is 14.9. The van der Waals surface area contributed by atoms with E-state index in [1.165, 1.54) is 23.3 Å². The summed E-state index contributed by atoms with van der Waals surface area (Å²) in [7, 11) is 0. The number of piperidine rings is 1. The number of halogens is 1. The average molecular weight is 1030 g/mol. The lowest BCUT2D eigenvalue weighted by Crippen LogP contribution is -2.36. The first-order chi connectivity index (χ1) is 35.8. The first kappa shape index (κ1) is 57.1. The number of rotatable bonds is 36. The van der Waals surface area contributed by atoms with Gasteiger partial charge in [0.15, 0.2) is 0 Å². The number of aromatic nitrogens is 1. The summed E-state index contributed by atoms with van der Waals surface area (Å²) < 4.78 is 36.0. The van der Waals surface area contributed by atoms with Crippen LogP contribution in [-0.4, -0.2) is 161 Å². The molecule has 1 aromatic heterocycles. The maximum Gasteiger partial charge on any atom is 0.315 e. The number of likely N-dealkylation sites (tertiary alicyclic amines) is 1. The van der Waals surface area contributed by atoms with Crippen molar-refractivity contribution in [3.63, 3.8) is 0 Å². The van der Waals surface area contributed by atoms with Crippen molar-refractivity contribution in [2.75, 3.05) is 104 Å². The number of fused-ring (bicyclic) bond motifs is 1. The van der Waals surface area contributed by atoms with Crippen LogP contribution in [0.5, 0.6) is 0 Å². The van der Waals surface area contributed by atoms with Gasteiger partial charge in [0.25, 0.3) is 0 Å². The Kier molecular flexibility index (Phi) is 25.7. The highest BCUT2D eigenvalue weighted by atomic mass is 32.2. The van der Waals surface area contributed by atoms with E-state index < -0.39 is 0 Å². The lowest BCUT2D eigenvalue weighted by molar-refractivity contribution is -0.122. The fourth-order valence-corrected chi connectivity index (χ4v) is 11.0. The van der Waals surface area contributed by atoms with Crippen LogP contribution >= 0.6 is 11.8 Å². The van der Waals surface area contributed by atoms with E-state index in [2.05, 4.69) is 48.5 Å². The van der Waals surface area contributed by atoms with Crippen molar-refractivity contribution in [2.24, 2.45) is 0 Å². The van der Waals surface area contributed by atoms with Crippen LogP contribution in [0, 0.1) is 17.1 Å². The Labute approximate surface area is 434 Å². The number of benzene rings is 2. The van der Waals surface area contributed by atoms with E-state index in [0.717, 1.165) is 100 Å². The zero-order valence-corrected chi connectivity index (χ0v) is 43.1. The quantitative estimate of drug-likeness (QED) is 0.0307. The highest BCUT2D eigenvalue weighted by Crippen LogP contribution is 2.33. The van der Waals surface area contributed by atoms with E-state index in [1.807, 2.05) is 42.2 Å². The lowest BCUT2D eigenvalue weighted by Gasteiger charge is -2.32. The maximum atomic E-state index is 13.6. The van der Waals surface area contributed by atoms with Crippen LogP contribution in [0.3, 0.4) is 0 Å². The van der Waals surface area contributed by atoms with E-state index in [0.29, 0.717) is 115 Å². The molecular weight excluding hydrogens is 954 g/mol.